The summed E-state index contributed by atoms with van der Waals surface area (Å²) in [7, 11) is 0. The van der Waals surface area contributed by atoms with Crippen LogP contribution >= 0.6 is 0 Å². The summed E-state index contributed by atoms with van der Waals surface area (Å²) in [5.41, 5.74) is 19.8. The van der Waals surface area contributed by atoms with Crippen LogP contribution in [0, 0.1) is 0 Å². The Bertz CT molecular complexity index is 7790. The van der Waals surface area contributed by atoms with Crippen LogP contribution in [-0.2, 0) is 0 Å². The van der Waals surface area contributed by atoms with Crippen LogP contribution in [0.3, 0.4) is 0 Å². The quantitative estimate of drug-likeness (QED) is 0.107. The van der Waals surface area contributed by atoms with Gasteiger partial charge in [0.2, 0.25) is 17.8 Å². The van der Waals surface area contributed by atoms with Gasteiger partial charge in [0.15, 0.2) is 52.4 Å². The molecule has 0 unspecified atom stereocenters. The molecule has 580 valence electrons. The van der Waals surface area contributed by atoms with Crippen LogP contribution in [0.1, 0.15) is 0 Å². The van der Waals surface area contributed by atoms with Crippen molar-refractivity contribution in [3.8, 4) is 143 Å². The fourth-order valence-electron chi connectivity index (χ4n) is 16.6. The van der Waals surface area contributed by atoms with Gasteiger partial charge >= 0.3 is 0 Å². The summed E-state index contributed by atoms with van der Waals surface area (Å²) < 4.78 is 6.35. The van der Waals surface area contributed by atoms with Crippen molar-refractivity contribution < 1.29 is 0 Å². The maximum atomic E-state index is 5.16. The Kier molecular flexibility index (Phi) is 17.7. The van der Waals surface area contributed by atoms with E-state index in [2.05, 4.69) is 176 Å². The molecule has 0 aliphatic carbocycles. The van der Waals surface area contributed by atoms with Gasteiger partial charge < -0.3 is 4.98 Å². The van der Waals surface area contributed by atoms with E-state index in [0.717, 1.165) is 132 Å². The number of aromatic nitrogens is 19. The minimum Gasteiger partial charge on any atom is -0.355 e. The second kappa shape index (κ2) is 30.5. The van der Waals surface area contributed by atoms with Gasteiger partial charge in [-0.3, -0.25) is 13.7 Å². The van der Waals surface area contributed by atoms with E-state index in [1.807, 2.05) is 212 Å². The molecule has 14 aromatic carbocycles. The zero-order chi connectivity index (χ0) is 82.0. The number of fused-ring (bicyclic) bond motifs is 12. The second-order valence-electron chi connectivity index (χ2n) is 30.0. The van der Waals surface area contributed by atoms with Crippen LogP contribution in [0.5, 0.6) is 0 Å². The highest BCUT2D eigenvalue weighted by Crippen LogP contribution is 2.41. The van der Waals surface area contributed by atoms with Gasteiger partial charge in [0.25, 0.3) is 0 Å². The molecular weight excluding hydrogens is 1530 g/mol. The number of hydrogen-bond acceptors (Lipinski definition) is 15. The Balaban J connectivity index is 0.000000154. The topological polar surface area (TPSA) is 224 Å². The van der Waals surface area contributed by atoms with Gasteiger partial charge in [-0.25, -0.2) is 74.8 Å². The average Bonchev–Trinajstić information content (AvgIpc) is 1.59. The molecule has 1 N–H and O–H groups in total. The number of aromatic amines is 1. The Morgan fingerprint density at radius 1 is 0.161 bits per heavy atom. The fourth-order valence-corrected chi connectivity index (χ4v) is 16.6. The van der Waals surface area contributed by atoms with Crippen molar-refractivity contribution in [2.45, 2.75) is 0 Å². The predicted molar refractivity (Wildman–Crippen MR) is 492 cm³/mol. The number of benzene rings is 14. The molecule has 124 heavy (non-hydrogen) atoms. The summed E-state index contributed by atoms with van der Waals surface area (Å²) in [4.78, 5) is 77.7. The molecule has 24 aromatic rings. The van der Waals surface area contributed by atoms with E-state index in [1.165, 1.54) is 10.8 Å². The zero-order valence-electron chi connectivity index (χ0n) is 66.0. The molecule has 19 heteroatoms. The van der Waals surface area contributed by atoms with Crippen molar-refractivity contribution in [3.63, 3.8) is 0 Å². The lowest BCUT2D eigenvalue weighted by molar-refractivity contribution is 0.975. The summed E-state index contributed by atoms with van der Waals surface area (Å²) in [5.74, 6) is 6.40. The fraction of sp³-hybridized carbons (Fsp3) is 0. The lowest BCUT2D eigenvalue weighted by Crippen LogP contribution is -2.05. The van der Waals surface area contributed by atoms with Gasteiger partial charge in [0.1, 0.15) is 17.1 Å². The highest BCUT2D eigenvalue weighted by atomic mass is 15.2. The SMILES string of the molecule is c1ccc(-c2nc(-c3ccccc3)nc(-c3ccnc(-n4c5ccccc5c5cc(-c6ccc7[nH]c8ccccc8c7c6)ccc54)n3)n2)cc1.c1ccc(-c2nc(-c3ccccc3)nc(-c3ccnc(-n4c5ccccc5c5cc(-c6ccc7c(c6)c6ccccc6n7-c6nccc(-c7nc(-c8ccccc8)nc(-c8ccccc8)n7)n6)ccc54)n3)n2)cc1. The Labute approximate surface area is 708 Å². The van der Waals surface area contributed by atoms with E-state index >= 15 is 0 Å². The van der Waals surface area contributed by atoms with Crippen LogP contribution in [-0.4, -0.2) is 93.4 Å². The Morgan fingerprint density at radius 2 is 0.395 bits per heavy atom. The van der Waals surface area contributed by atoms with Crippen molar-refractivity contribution in [2.24, 2.45) is 0 Å². The van der Waals surface area contributed by atoms with Gasteiger partial charge in [-0.1, -0.05) is 279 Å². The van der Waals surface area contributed by atoms with E-state index < -0.39 is 0 Å². The third-order valence-electron chi connectivity index (χ3n) is 22.5. The monoisotopic (exact) mass is 1590 g/mol. The maximum Gasteiger partial charge on any atom is 0.235 e. The molecule has 10 heterocycles. The third-order valence-corrected chi connectivity index (χ3v) is 22.5. The van der Waals surface area contributed by atoms with Crippen molar-refractivity contribution in [1.29, 1.82) is 0 Å². The van der Waals surface area contributed by atoms with E-state index in [4.69, 9.17) is 74.8 Å². The third kappa shape index (κ3) is 13.1. The van der Waals surface area contributed by atoms with Gasteiger partial charge in [-0.2, -0.15) is 0 Å². The minimum absolute atomic E-state index is 0.457. The zero-order valence-corrected chi connectivity index (χ0v) is 66.0. The first-order valence-electron chi connectivity index (χ1n) is 40.7. The number of para-hydroxylation sites is 4. The van der Waals surface area contributed by atoms with Crippen molar-refractivity contribution >= 4 is 87.2 Å². The highest BCUT2D eigenvalue weighted by molar-refractivity contribution is 6.14. The molecule has 0 fully saturated rings. The van der Waals surface area contributed by atoms with Gasteiger partial charge in [0.05, 0.1) is 33.1 Å². The number of nitrogens with one attached hydrogen (secondary N) is 1. The standard InChI is InChI=1S/C62H38N12.C43H27N7/c1-5-17-39(18-6-1)55-67-56(40-19-7-2-8-20-40)70-59(69-55)49-33-35-63-61(65-49)73-51-27-15-13-25-45(51)47-37-43(29-31-53(47)73)44-30-32-54-48(38-44)46-26-14-16-28-52(46)74(54)62-64-36-34-50(66-62)60-71-57(41-21-9-3-10-22-41)68-58(72-60)42-23-11-4-12-24-42;1-3-11-27(12-4-1)40-47-41(28-13-5-2-6-14-28)49-42(48-40)37-23-24-44-43(46-37)50-38-18-10-8-16-32(38)34-26-30(20-22-39(34)50)29-19-21-36-33(25-29)31-15-7-9-17-35(31)45-36/h1-38H;1-26,45H. The molecule has 0 saturated heterocycles. The van der Waals surface area contributed by atoms with Crippen molar-refractivity contribution in [3.05, 3.63) is 389 Å². The van der Waals surface area contributed by atoms with Crippen molar-refractivity contribution in [1.82, 2.24) is 93.4 Å². The molecule has 0 bridgehead atoms. The average molecular weight is 1590 g/mol. The summed E-state index contributed by atoms with van der Waals surface area (Å²) >= 11 is 0. The Morgan fingerprint density at radius 3 is 0.702 bits per heavy atom. The molecule has 0 aliphatic rings. The highest BCUT2D eigenvalue weighted by Gasteiger charge is 2.24. The van der Waals surface area contributed by atoms with Crippen LogP contribution in [0.25, 0.3) is 230 Å². The van der Waals surface area contributed by atoms with E-state index in [-0.39, 0.29) is 0 Å². The molecule has 24 rings (SSSR count). The summed E-state index contributed by atoms with van der Waals surface area (Å²) in [6.45, 7) is 0. The molecule has 10 aromatic heterocycles. The number of rotatable bonds is 14. The molecule has 0 saturated carbocycles. The molecule has 0 aliphatic heterocycles. The first kappa shape index (κ1) is 71.8. The lowest BCUT2D eigenvalue weighted by Gasteiger charge is -2.10. The molecule has 0 spiro atoms. The molecule has 0 atom stereocenters. The first-order valence-corrected chi connectivity index (χ1v) is 40.7. The molecular formula is C105H65N19. The molecule has 19 nitrogen and oxygen atoms in total. The number of nitrogens with zero attached hydrogens (tertiary/aromatic N) is 18. The van der Waals surface area contributed by atoms with Crippen LogP contribution in [0.15, 0.2) is 389 Å². The normalized spacial score (nSPS) is 11.5. The number of hydrogen-bond donors (Lipinski definition) is 1. The summed E-state index contributed by atoms with van der Waals surface area (Å²) in [6, 6.07) is 125. The van der Waals surface area contributed by atoms with Gasteiger partial charge in [-0.15, -0.1) is 0 Å². The molecule has 0 amide bonds. The maximum absolute atomic E-state index is 5.16. The predicted octanol–water partition coefficient (Wildman–Crippen LogP) is 23.6. The summed E-state index contributed by atoms with van der Waals surface area (Å²) in [6.07, 6.45) is 5.31. The summed E-state index contributed by atoms with van der Waals surface area (Å²) in [5, 5.41) is 9.00. The lowest BCUT2D eigenvalue weighted by atomic mass is 10.0. The largest absolute Gasteiger partial charge is 0.355 e. The Hall–Kier alpha value is -17.5. The minimum atomic E-state index is 0.457. The number of H-pyrrole nitrogens is 1. The van der Waals surface area contributed by atoms with Crippen LogP contribution in [0.2, 0.25) is 0 Å². The van der Waals surface area contributed by atoms with Gasteiger partial charge in [-0.05, 0) is 113 Å². The smallest absolute Gasteiger partial charge is 0.235 e. The first-order chi connectivity index (χ1) is 61.4. The van der Waals surface area contributed by atoms with E-state index in [9.17, 15) is 0 Å². The van der Waals surface area contributed by atoms with E-state index in [1.54, 1.807) is 18.6 Å². The van der Waals surface area contributed by atoms with Crippen molar-refractivity contribution in [2.75, 3.05) is 0 Å². The van der Waals surface area contributed by atoms with Crippen LogP contribution < -0.4 is 0 Å². The van der Waals surface area contributed by atoms with Crippen LogP contribution in [0.4, 0.5) is 0 Å². The van der Waals surface area contributed by atoms with Gasteiger partial charge in [0, 0.05) is 106 Å². The van der Waals surface area contributed by atoms with E-state index in [0.29, 0.717) is 87.3 Å². The second-order valence-corrected chi connectivity index (χ2v) is 30.0. The molecule has 0 radical (unpaired) electrons.